The number of nitro groups is 1. The summed E-state index contributed by atoms with van der Waals surface area (Å²) in [5.74, 6) is 0.242. The van der Waals surface area contributed by atoms with Gasteiger partial charge in [-0.15, -0.1) is 0 Å². The summed E-state index contributed by atoms with van der Waals surface area (Å²) in [4.78, 5) is 15.0. The van der Waals surface area contributed by atoms with E-state index < -0.39 is 4.92 Å². The molecule has 0 spiro atoms. The lowest BCUT2D eigenvalue weighted by atomic mass is 10.0. The van der Waals surface area contributed by atoms with Crippen molar-refractivity contribution in [3.8, 4) is 11.1 Å². The molecule has 6 nitrogen and oxygen atoms in total. The van der Waals surface area contributed by atoms with E-state index in [4.69, 9.17) is 11.6 Å². The molecule has 0 saturated heterocycles. The third-order valence-electron chi connectivity index (χ3n) is 3.78. The number of halogens is 1. The van der Waals surface area contributed by atoms with Crippen molar-refractivity contribution in [2.24, 2.45) is 0 Å². The summed E-state index contributed by atoms with van der Waals surface area (Å²) in [6, 6.07) is 6.32. The standard InChI is InChI=1S/C16H15ClN4O2/c1-9(2)14-10(3)19-16-13(8-18-20(16)15(14)17)11-4-6-12(7-5-11)21(22)23/h4-9H,1-3H3. The Morgan fingerprint density at radius 2 is 1.91 bits per heavy atom. The molecule has 2 heterocycles. The van der Waals surface area contributed by atoms with Gasteiger partial charge in [0.2, 0.25) is 0 Å². The lowest BCUT2D eigenvalue weighted by molar-refractivity contribution is -0.384. The maximum Gasteiger partial charge on any atom is 0.269 e. The largest absolute Gasteiger partial charge is 0.269 e. The van der Waals surface area contributed by atoms with Crippen LogP contribution < -0.4 is 0 Å². The van der Waals surface area contributed by atoms with E-state index in [0.29, 0.717) is 10.8 Å². The predicted octanol–water partition coefficient (Wildman–Crippen LogP) is 4.39. The van der Waals surface area contributed by atoms with Crippen LogP contribution in [-0.2, 0) is 0 Å². The Balaban J connectivity index is 2.18. The van der Waals surface area contributed by atoms with Gasteiger partial charge in [0.25, 0.3) is 5.69 Å². The third kappa shape index (κ3) is 2.55. The van der Waals surface area contributed by atoms with Crippen LogP contribution in [0.15, 0.2) is 30.5 Å². The minimum Gasteiger partial charge on any atom is -0.258 e. The van der Waals surface area contributed by atoms with Crippen molar-refractivity contribution in [1.29, 1.82) is 0 Å². The molecular formula is C16H15ClN4O2. The second-order valence-corrected chi connectivity index (χ2v) is 6.01. The average molecular weight is 331 g/mol. The maximum atomic E-state index is 10.8. The van der Waals surface area contributed by atoms with Crippen LogP contribution in [0.1, 0.15) is 31.0 Å². The lowest BCUT2D eigenvalue weighted by Gasteiger charge is -2.12. The fourth-order valence-corrected chi connectivity index (χ4v) is 3.18. The number of nitro benzene ring substituents is 1. The molecule has 7 heteroatoms. The first-order valence-corrected chi connectivity index (χ1v) is 7.56. The highest BCUT2D eigenvalue weighted by Crippen LogP contribution is 2.31. The Morgan fingerprint density at radius 3 is 2.48 bits per heavy atom. The van der Waals surface area contributed by atoms with Crippen LogP contribution >= 0.6 is 11.6 Å². The van der Waals surface area contributed by atoms with Gasteiger partial charge in [-0.2, -0.15) is 5.10 Å². The molecule has 0 aliphatic rings. The van der Waals surface area contributed by atoms with Gasteiger partial charge in [-0.3, -0.25) is 10.1 Å². The van der Waals surface area contributed by atoms with Crippen LogP contribution in [0.3, 0.4) is 0 Å². The molecule has 3 aromatic rings. The van der Waals surface area contributed by atoms with Crippen LogP contribution in [-0.4, -0.2) is 19.5 Å². The summed E-state index contributed by atoms with van der Waals surface area (Å²) in [5.41, 5.74) is 4.13. The van der Waals surface area contributed by atoms with Crippen molar-refractivity contribution in [3.63, 3.8) is 0 Å². The van der Waals surface area contributed by atoms with Gasteiger partial charge in [-0.25, -0.2) is 9.50 Å². The highest BCUT2D eigenvalue weighted by molar-refractivity contribution is 6.30. The number of aromatic nitrogens is 3. The SMILES string of the molecule is Cc1nc2c(-c3ccc([N+](=O)[O-])cc3)cnn2c(Cl)c1C(C)C. The van der Waals surface area contributed by atoms with Crippen LogP contribution in [0.5, 0.6) is 0 Å². The van der Waals surface area contributed by atoms with Crippen LogP contribution in [0.25, 0.3) is 16.8 Å². The summed E-state index contributed by atoms with van der Waals surface area (Å²) < 4.78 is 1.61. The van der Waals surface area contributed by atoms with E-state index >= 15 is 0 Å². The fourth-order valence-electron chi connectivity index (χ4n) is 2.70. The first-order chi connectivity index (χ1) is 10.9. The van der Waals surface area contributed by atoms with Crippen molar-refractivity contribution in [3.05, 3.63) is 57.0 Å². The molecule has 0 unspecified atom stereocenters. The molecule has 2 aromatic heterocycles. The van der Waals surface area contributed by atoms with Gasteiger partial charge in [0, 0.05) is 29.0 Å². The van der Waals surface area contributed by atoms with Crippen LogP contribution in [0.2, 0.25) is 5.15 Å². The minimum atomic E-state index is -0.423. The summed E-state index contributed by atoms with van der Waals surface area (Å²) in [5, 5.41) is 15.6. The fraction of sp³-hybridized carbons (Fsp3) is 0.250. The molecule has 0 bridgehead atoms. The number of nitrogens with zero attached hydrogens (tertiary/aromatic N) is 4. The highest BCUT2D eigenvalue weighted by atomic mass is 35.5. The zero-order valence-corrected chi connectivity index (χ0v) is 13.7. The summed E-state index contributed by atoms with van der Waals surface area (Å²) in [6.45, 7) is 6.04. The number of benzene rings is 1. The van der Waals surface area contributed by atoms with Crippen molar-refractivity contribution in [2.75, 3.05) is 0 Å². The molecule has 0 atom stereocenters. The topological polar surface area (TPSA) is 73.3 Å². The number of non-ortho nitro benzene ring substituents is 1. The van der Waals surface area contributed by atoms with E-state index in [-0.39, 0.29) is 11.6 Å². The molecule has 1 aromatic carbocycles. The Hall–Kier alpha value is -2.47. The quantitative estimate of drug-likeness (QED) is 0.405. The van der Waals surface area contributed by atoms with E-state index in [1.807, 2.05) is 6.92 Å². The predicted molar refractivity (Wildman–Crippen MR) is 88.9 cm³/mol. The number of fused-ring (bicyclic) bond motifs is 1. The molecule has 0 fully saturated rings. The van der Waals surface area contributed by atoms with Gasteiger partial charge in [-0.05, 0) is 30.5 Å². The molecule has 23 heavy (non-hydrogen) atoms. The molecule has 0 radical (unpaired) electrons. The molecule has 0 amide bonds. The van der Waals surface area contributed by atoms with Crippen LogP contribution in [0.4, 0.5) is 5.69 Å². The van der Waals surface area contributed by atoms with E-state index in [1.165, 1.54) is 12.1 Å². The average Bonchev–Trinajstić information content (AvgIpc) is 2.90. The Kier molecular flexibility index (Phi) is 3.77. The molecule has 0 aliphatic heterocycles. The van der Waals surface area contributed by atoms with E-state index in [1.54, 1.807) is 22.8 Å². The monoisotopic (exact) mass is 330 g/mol. The maximum absolute atomic E-state index is 10.8. The summed E-state index contributed by atoms with van der Waals surface area (Å²) >= 11 is 6.48. The van der Waals surface area contributed by atoms with E-state index in [0.717, 1.165) is 22.4 Å². The molecule has 0 N–H and O–H groups in total. The molecule has 118 valence electrons. The van der Waals surface area contributed by atoms with E-state index in [9.17, 15) is 10.1 Å². The first-order valence-electron chi connectivity index (χ1n) is 7.18. The van der Waals surface area contributed by atoms with Crippen molar-refractivity contribution < 1.29 is 4.92 Å². The van der Waals surface area contributed by atoms with Gasteiger partial charge in [0.05, 0.1) is 11.1 Å². The van der Waals surface area contributed by atoms with Gasteiger partial charge in [0.1, 0.15) is 5.15 Å². The first kappa shape index (κ1) is 15.4. The Morgan fingerprint density at radius 1 is 1.26 bits per heavy atom. The van der Waals surface area contributed by atoms with E-state index in [2.05, 4.69) is 23.9 Å². The third-order valence-corrected chi connectivity index (χ3v) is 4.15. The minimum absolute atomic E-state index is 0.0505. The lowest BCUT2D eigenvalue weighted by Crippen LogP contribution is -2.04. The number of rotatable bonds is 3. The molecule has 3 rings (SSSR count). The molecular weight excluding hydrogens is 316 g/mol. The summed E-state index contributed by atoms with van der Waals surface area (Å²) in [6.07, 6.45) is 1.68. The zero-order valence-electron chi connectivity index (χ0n) is 12.9. The summed E-state index contributed by atoms with van der Waals surface area (Å²) in [7, 11) is 0. The zero-order chi connectivity index (χ0) is 16.7. The number of hydrogen-bond donors (Lipinski definition) is 0. The molecule has 0 aliphatic carbocycles. The highest BCUT2D eigenvalue weighted by Gasteiger charge is 2.18. The Bertz CT molecular complexity index is 901. The molecule has 0 saturated carbocycles. The smallest absolute Gasteiger partial charge is 0.258 e. The number of hydrogen-bond acceptors (Lipinski definition) is 4. The van der Waals surface area contributed by atoms with Gasteiger partial charge >= 0.3 is 0 Å². The van der Waals surface area contributed by atoms with Gasteiger partial charge in [0.15, 0.2) is 5.65 Å². The van der Waals surface area contributed by atoms with Gasteiger partial charge in [-0.1, -0.05) is 25.4 Å². The second kappa shape index (κ2) is 5.62. The van der Waals surface area contributed by atoms with Crippen molar-refractivity contribution >= 4 is 22.9 Å². The number of aryl methyl sites for hydroxylation is 1. The van der Waals surface area contributed by atoms with Crippen LogP contribution in [0, 0.1) is 17.0 Å². The van der Waals surface area contributed by atoms with Crippen molar-refractivity contribution in [2.45, 2.75) is 26.7 Å². The van der Waals surface area contributed by atoms with Gasteiger partial charge < -0.3 is 0 Å². The second-order valence-electron chi connectivity index (χ2n) is 5.65. The normalized spacial score (nSPS) is 11.3. The Labute approximate surface area is 137 Å². The van der Waals surface area contributed by atoms with Crippen molar-refractivity contribution in [1.82, 2.24) is 14.6 Å².